The second-order valence-electron chi connectivity index (χ2n) is 7.33. The largest absolute Gasteiger partial charge is 0.405 e. The molecule has 0 radical (unpaired) electrons. The lowest BCUT2D eigenvalue weighted by molar-refractivity contribution is -0.138. The van der Waals surface area contributed by atoms with Crippen LogP contribution in [0.4, 0.5) is 13.2 Å². The van der Waals surface area contributed by atoms with E-state index in [0.717, 1.165) is 24.8 Å². The fourth-order valence-corrected chi connectivity index (χ4v) is 5.11. The molecule has 7 nitrogen and oxygen atoms in total. The Balaban J connectivity index is 1.82. The lowest BCUT2D eigenvalue weighted by Gasteiger charge is -2.15. The zero-order chi connectivity index (χ0) is 21.9. The van der Waals surface area contributed by atoms with E-state index in [1.165, 1.54) is 10.4 Å². The molecule has 1 aliphatic rings. The van der Waals surface area contributed by atoms with E-state index in [2.05, 4.69) is 4.98 Å². The highest BCUT2D eigenvalue weighted by Gasteiger charge is 2.29. The molecule has 3 rings (SSSR count). The van der Waals surface area contributed by atoms with Crippen LogP contribution in [0.3, 0.4) is 0 Å². The van der Waals surface area contributed by atoms with Gasteiger partial charge in [0.15, 0.2) is 0 Å². The van der Waals surface area contributed by atoms with Gasteiger partial charge in [0, 0.05) is 32.5 Å². The number of amides is 1. The van der Waals surface area contributed by atoms with Crippen molar-refractivity contribution in [1.82, 2.24) is 19.2 Å². The van der Waals surface area contributed by atoms with Gasteiger partial charge >= 0.3 is 6.18 Å². The molecule has 0 spiro atoms. The van der Waals surface area contributed by atoms with Crippen molar-refractivity contribution < 1.29 is 26.4 Å². The van der Waals surface area contributed by atoms with Gasteiger partial charge in [-0.15, -0.1) is 0 Å². The zero-order valence-electron chi connectivity index (χ0n) is 16.7. The van der Waals surface area contributed by atoms with Crippen molar-refractivity contribution in [2.24, 2.45) is 0 Å². The molecule has 2 heterocycles. The number of benzene rings is 1. The third kappa shape index (κ3) is 5.12. The third-order valence-corrected chi connectivity index (χ3v) is 6.91. The molecule has 1 aromatic carbocycles. The van der Waals surface area contributed by atoms with Gasteiger partial charge in [-0.2, -0.15) is 17.5 Å². The van der Waals surface area contributed by atoms with Crippen LogP contribution in [0.15, 0.2) is 23.1 Å². The second kappa shape index (κ2) is 8.93. The monoisotopic (exact) mass is 446 g/mol. The molecule has 1 fully saturated rings. The van der Waals surface area contributed by atoms with E-state index in [1.54, 1.807) is 12.1 Å². The minimum Gasteiger partial charge on any atom is -0.347 e. The van der Waals surface area contributed by atoms with E-state index >= 15 is 0 Å². The molecule has 11 heteroatoms. The molecule has 0 aliphatic carbocycles. The summed E-state index contributed by atoms with van der Waals surface area (Å²) in [7, 11) is -3.58. The predicted molar refractivity (Wildman–Crippen MR) is 105 cm³/mol. The van der Waals surface area contributed by atoms with Crippen molar-refractivity contribution >= 4 is 27.0 Å². The minimum absolute atomic E-state index is 0.137. The number of fused-ring (bicyclic) bond motifs is 1. The standard InChI is InChI=1S/C19H25F3N4O3S/c1-2-9-26-16-6-5-14(30(28,29)25-10-3-4-11-25)12-15(16)24-17(26)7-8-18(27)23-13-19(20,21)22/h5-6,12H,2-4,7-11,13H2,1H3,(H,23,27). The van der Waals surface area contributed by atoms with Gasteiger partial charge in [-0.1, -0.05) is 6.92 Å². The Morgan fingerprint density at radius 3 is 2.57 bits per heavy atom. The van der Waals surface area contributed by atoms with Crippen molar-refractivity contribution in [3.8, 4) is 0 Å². The highest BCUT2D eigenvalue weighted by molar-refractivity contribution is 7.89. The average molecular weight is 446 g/mol. The summed E-state index contributed by atoms with van der Waals surface area (Å²) >= 11 is 0. The molecule has 0 unspecified atom stereocenters. The van der Waals surface area contributed by atoms with Crippen LogP contribution in [-0.4, -0.2) is 54.0 Å². The normalized spacial score (nSPS) is 15.7. The van der Waals surface area contributed by atoms with Gasteiger partial charge in [0.25, 0.3) is 0 Å². The third-order valence-electron chi connectivity index (χ3n) is 5.01. The molecule has 1 saturated heterocycles. The minimum atomic E-state index is -4.46. The molecular weight excluding hydrogens is 421 g/mol. The summed E-state index contributed by atoms with van der Waals surface area (Å²) in [6, 6.07) is 4.79. The number of hydrogen-bond donors (Lipinski definition) is 1. The number of rotatable bonds is 8. The molecule has 0 atom stereocenters. The Kier molecular flexibility index (Phi) is 6.71. The molecule has 166 valence electrons. The number of aryl methyl sites for hydroxylation is 2. The van der Waals surface area contributed by atoms with Crippen molar-refractivity contribution in [2.75, 3.05) is 19.6 Å². The summed E-state index contributed by atoms with van der Waals surface area (Å²) in [6.45, 7) is 2.22. The first-order valence-electron chi connectivity index (χ1n) is 9.94. The number of imidazole rings is 1. The summed E-state index contributed by atoms with van der Waals surface area (Å²) in [6.07, 6.45) is -1.97. The SMILES string of the molecule is CCCn1c(CCC(=O)NCC(F)(F)F)nc2cc(S(=O)(=O)N3CCCC3)ccc21. The molecule has 2 aromatic rings. The number of hydrogen-bond acceptors (Lipinski definition) is 4. The molecule has 1 aromatic heterocycles. The Morgan fingerprint density at radius 2 is 1.93 bits per heavy atom. The molecular formula is C19H25F3N4O3S. The second-order valence-corrected chi connectivity index (χ2v) is 9.27. The van der Waals surface area contributed by atoms with Crippen LogP contribution in [0.5, 0.6) is 0 Å². The number of nitrogens with one attached hydrogen (secondary N) is 1. The summed E-state index contributed by atoms with van der Waals surface area (Å²) in [5.74, 6) is -0.163. The molecule has 0 bridgehead atoms. The first-order valence-corrected chi connectivity index (χ1v) is 11.4. The predicted octanol–water partition coefficient (Wildman–Crippen LogP) is 2.84. The van der Waals surface area contributed by atoms with Crippen LogP contribution in [-0.2, 0) is 27.8 Å². The maximum absolute atomic E-state index is 12.8. The van der Waals surface area contributed by atoms with Crippen LogP contribution < -0.4 is 5.32 Å². The van der Waals surface area contributed by atoms with Gasteiger partial charge in [-0.05, 0) is 37.5 Å². The van der Waals surface area contributed by atoms with E-state index in [9.17, 15) is 26.4 Å². The number of carbonyl (C=O) groups excluding carboxylic acids is 1. The van der Waals surface area contributed by atoms with E-state index in [4.69, 9.17) is 0 Å². The quantitative estimate of drug-likeness (QED) is 0.676. The fourth-order valence-electron chi connectivity index (χ4n) is 3.57. The van der Waals surface area contributed by atoms with Crippen LogP contribution in [0.1, 0.15) is 38.4 Å². The number of aromatic nitrogens is 2. The van der Waals surface area contributed by atoms with E-state index in [1.807, 2.05) is 16.8 Å². The maximum atomic E-state index is 12.8. The van der Waals surface area contributed by atoms with Crippen LogP contribution in [0.2, 0.25) is 0 Å². The number of alkyl halides is 3. The van der Waals surface area contributed by atoms with Gasteiger partial charge in [0.1, 0.15) is 12.4 Å². The lowest BCUT2D eigenvalue weighted by atomic mass is 10.2. The van der Waals surface area contributed by atoms with Crippen LogP contribution in [0, 0.1) is 0 Å². The van der Waals surface area contributed by atoms with Gasteiger partial charge in [-0.25, -0.2) is 13.4 Å². The smallest absolute Gasteiger partial charge is 0.347 e. The molecule has 0 saturated carbocycles. The Hall–Kier alpha value is -2.14. The van der Waals surface area contributed by atoms with Crippen molar-refractivity contribution in [3.63, 3.8) is 0 Å². The maximum Gasteiger partial charge on any atom is 0.405 e. The first kappa shape index (κ1) is 22.5. The molecule has 1 aliphatic heterocycles. The van der Waals surface area contributed by atoms with Crippen molar-refractivity contribution in [3.05, 3.63) is 24.0 Å². The Morgan fingerprint density at radius 1 is 1.23 bits per heavy atom. The van der Waals surface area contributed by atoms with Crippen molar-refractivity contribution in [1.29, 1.82) is 0 Å². The fraction of sp³-hybridized carbons (Fsp3) is 0.579. The molecule has 1 N–H and O–H groups in total. The average Bonchev–Trinajstić information content (AvgIpc) is 3.33. The van der Waals surface area contributed by atoms with Gasteiger partial charge in [0.05, 0.1) is 15.9 Å². The van der Waals surface area contributed by atoms with Crippen molar-refractivity contribution in [2.45, 2.75) is 56.6 Å². The molecule has 30 heavy (non-hydrogen) atoms. The summed E-state index contributed by atoms with van der Waals surface area (Å²) in [5, 5.41) is 1.85. The van der Waals surface area contributed by atoms with E-state index < -0.39 is 28.7 Å². The van der Waals surface area contributed by atoms with Crippen LogP contribution in [0.25, 0.3) is 11.0 Å². The summed E-state index contributed by atoms with van der Waals surface area (Å²) in [4.78, 5) is 16.4. The first-order chi connectivity index (χ1) is 14.1. The van der Waals surface area contributed by atoms with Gasteiger partial charge < -0.3 is 9.88 Å². The van der Waals surface area contributed by atoms with E-state index in [0.29, 0.717) is 31.0 Å². The number of nitrogens with zero attached hydrogens (tertiary/aromatic N) is 3. The van der Waals surface area contributed by atoms with E-state index in [-0.39, 0.29) is 17.7 Å². The summed E-state index contributed by atoms with van der Waals surface area (Å²) < 4.78 is 65.7. The molecule has 1 amide bonds. The van der Waals surface area contributed by atoms with Gasteiger partial charge in [0.2, 0.25) is 15.9 Å². The topological polar surface area (TPSA) is 84.3 Å². The highest BCUT2D eigenvalue weighted by Crippen LogP contribution is 2.26. The number of sulfonamides is 1. The van der Waals surface area contributed by atoms with Crippen LogP contribution >= 0.6 is 0 Å². The zero-order valence-corrected chi connectivity index (χ0v) is 17.5. The summed E-state index contributed by atoms with van der Waals surface area (Å²) in [5.41, 5.74) is 1.23. The highest BCUT2D eigenvalue weighted by atomic mass is 32.2. The Bertz CT molecular complexity index is 1010. The lowest BCUT2D eigenvalue weighted by Crippen LogP contribution is -2.33. The number of halogens is 3. The Labute approximate surface area is 173 Å². The number of carbonyl (C=O) groups is 1. The van der Waals surface area contributed by atoms with Gasteiger partial charge in [-0.3, -0.25) is 4.79 Å².